The van der Waals surface area contributed by atoms with Crippen molar-refractivity contribution in [2.45, 2.75) is 26.4 Å². The van der Waals surface area contributed by atoms with Gasteiger partial charge in [-0.25, -0.2) is 4.98 Å². The molecule has 1 heterocycles. The van der Waals surface area contributed by atoms with Crippen molar-refractivity contribution in [2.24, 2.45) is 0 Å². The van der Waals surface area contributed by atoms with E-state index in [1.54, 1.807) is 0 Å². The number of ether oxygens (including phenoxy) is 1. The Kier molecular flexibility index (Phi) is 4.53. The molecule has 0 amide bonds. The number of hydrogen-bond donors (Lipinski definition) is 2. The fourth-order valence-electron chi connectivity index (χ4n) is 2.13. The van der Waals surface area contributed by atoms with Crippen LogP contribution in [0, 0.1) is 0 Å². The van der Waals surface area contributed by atoms with Gasteiger partial charge in [0.1, 0.15) is 17.7 Å². The molecule has 0 aliphatic heterocycles. The average Bonchev–Trinajstić information content (AvgIpc) is 2.45. The Morgan fingerprint density at radius 1 is 1.30 bits per heavy atom. The van der Waals surface area contributed by atoms with Crippen LogP contribution in [-0.2, 0) is 11.2 Å². The summed E-state index contributed by atoms with van der Waals surface area (Å²) in [6, 6.07) is 9.64. The third-order valence-electron chi connectivity index (χ3n) is 3.10. The van der Waals surface area contributed by atoms with Crippen molar-refractivity contribution in [2.75, 3.05) is 12.3 Å². The molecule has 1 aromatic carbocycles. The first-order valence-electron chi connectivity index (χ1n) is 6.72. The molecule has 1 unspecified atom stereocenters. The Morgan fingerprint density at radius 3 is 2.55 bits per heavy atom. The maximum absolute atomic E-state index is 12.0. The van der Waals surface area contributed by atoms with Gasteiger partial charge in [-0.2, -0.15) is 0 Å². The van der Waals surface area contributed by atoms with Crippen LogP contribution in [0.15, 0.2) is 35.1 Å². The third-order valence-corrected chi connectivity index (χ3v) is 3.10. The van der Waals surface area contributed by atoms with Gasteiger partial charge < -0.3 is 15.5 Å². The smallest absolute Gasteiger partial charge is 0.256 e. The van der Waals surface area contributed by atoms with E-state index in [1.807, 2.05) is 44.2 Å². The van der Waals surface area contributed by atoms with Crippen molar-refractivity contribution >= 4 is 5.82 Å². The lowest BCUT2D eigenvalue weighted by molar-refractivity contribution is 0.0850. The van der Waals surface area contributed by atoms with Gasteiger partial charge in [0.25, 0.3) is 5.56 Å². The van der Waals surface area contributed by atoms with Crippen LogP contribution < -0.4 is 11.3 Å². The number of rotatable bonds is 5. The Hall–Kier alpha value is -2.14. The number of aromatic nitrogens is 2. The summed E-state index contributed by atoms with van der Waals surface area (Å²) in [6.07, 6.45) is 0.140. The van der Waals surface area contributed by atoms with Crippen LogP contribution >= 0.6 is 0 Å². The number of benzene rings is 1. The molecule has 0 spiro atoms. The van der Waals surface area contributed by atoms with Gasteiger partial charge in [0.2, 0.25) is 0 Å². The van der Waals surface area contributed by atoms with Crippen molar-refractivity contribution < 1.29 is 4.74 Å². The fourth-order valence-corrected chi connectivity index (χ4v) is 2.13. The van der Waals surface area contributed by atoms with Gasteiger partial charge in [0.05, 0.1) is 5.56 Å². The second-order valence-electron chi connectivity index (χ2n) is 4.41. The lowest BCUT2D eigenvalue weighted by Gasteiger charge is -2.17. The minimum Gasteiger partial charge on any atom is -0.383 e. The minimum atomic E-state index is -0.415. The van der Waals surface area contributed by atoms with Crippen LogP contribution in [-0.4, -0.2) is 16.6 Å². The number of nitrogen functional groups attached to an aromatic ring is 1. The summed E-state index contributed by atoms with van der Waals surface area (Å²) in [5.74, 6) is 0.713. The normalized spacial score (nSPS) is 12.3. The van der Waals surface area contributed by atoms with E-state index in [-0.39, 0.29) is 11.4 Å². The molecular weight excluding hydrogens is 254 g/mol. The van der Waals surface area contributed by atoms with Crippen molar-refractivity contribution in [3.63, 3.8) is 0 Å². The highest BCUT2D eigenvalue weighted by atomic mass is 16.5. The highest BCUT2D eigenvalue weighted by Gasteiger charge is 2.18. The van der Waals surface area contributed by atoms with Gasteiger partial charge in [-0.05, 0) is 18.9 Å². The number of nitrogens with one attached hydrogen (secondary N) is 1. The Labute approximate surface area is 117 Å². The lowest BCUT2D eigenvalue weighted by atomic mass is 10.1. The van der Waals surface area contributed by atoms with Crippen molar-refractivity contribution in [1.29, 1.82) is 0 Å². The van der Waals surface area contributed by atoms with Gasteiger partial charge in [0, 0.05) is 6.61 Å². The average molecular weight is 273 g/mol. The molecule has 0 radical (unpaired) electrons. The zero-order valence-corrected chi connectivity index (χ0v) is 11.7. The molecule has 106 valence electrons. The van der Waals surface area contributed by atoms with Crippen molar-refractivity contribution in [1.82, 2.24) is 9.97 Å². The fraction of sp³-hybridized carbons (Fsp3) is 0.333. The quantitative estimate of drug-likeness (QED) is 0.873. The number of nitrogens with two attached hydrogens (primary N) is 1. The highest BCUT2D eigenvalue weighted by molar-refractivity contribution is 5.38. The van der Waals surface area contributed by atoms with Gasteiger partial charge in [-0.15, -0.1) is 0 Å². The van der Waals surface area contributed by atoms with Crippen LogP contribution in [0.25, 0.3) is 0 Å². The van der Waals surface area contributed by atoms with Crippen LogP contribution in [0.1, 0.15) is 36.9 Å². The molecule has 2 rings (SSSR count). The van der Waals surface area contributed by atoms with E-state index >= 15 is 0 Å². The second-order valence-corrected chi connectivity index (χ2v) is 4.41. The molecule has 1 aromatic heterocycles. The molecule has 5 nitrogen and oxygen atoms in total. The zero-order valence-electron chi connectivity index (χ0n) is 11.7. The first-order valence-corrected chi connectivity index (χ1v) is 6.72. The van der Waals surface area contributed by atoms with Crippen molar-refractivity contribution in [3.05, 3.63) is 57.6 Å². The zero-order chi connectivity index (χ0) is 14.5. The standard InChI is InChI=1S/C15H19N3O2/c1-3-11-13(16)17-14(18-15(11)19)12(20-4-2)10-8-6-5-7-9-10/h5-9,12H,3-4H2,1-2H3,(H3,16,17,18,19). The second kappa shape index (κ2) is 6.34. The largest absolute Gasteiger partial charge is 0.383 e. The van der Waals surface area contributed by atoms with Crippen LogP contribution in [0.5, 0.6) is 0 Å². The Morgan fingerprint density at radius 2 is 2.00 bits per heavy atom. The van der Waals surface area contributed by atoms with E-state index in [4.69, 9.17) is 10.5 Å². The van der Waals surface area contributed by atoms with Gasteiger partial charge in [-0.1, -0.05) is 37.3 Å². The summed E-state index contributed by atoms with van der Waals surface area (Å²) >= 11 is 0. The van der Waals surface area contributed by atoms with Gasteiger partial charge >= 0.3 is 0 Å². The van der Waals surface area contributed by atoms with Crippen LogP contribution in [0.4, 0.5) is 5.82 Å². The van der Waals surface area contributed by atoms with E-state index in [1.165, 1.54) is 0 Å². The maximum atomic E-state index is 12.0. The summed E-state index contributed by atoms with van der Waals surface area (Å²) in [5.41, 5.74) is 7.10. The maximum Gasteiger partial charge on any atom is 0.256 e. The summed E-state index contributed by atoms with van der Waals surface area (Å²) in [4.78, 5) is 19.1. The summed E-state index contributed by atoms with van der Waals surface area (Å²) < 4.78 is 5.71. The molecule has 0 aliphatic rings. The SMILES string of the molecule is CCOC(c1ccccc1)c1nc(N)c(CC)c(=O)[nH]1. The van der Waals surface area contributed by atoms with E-state index in [0.29, 0.717) is 24.4 Å². The Balaban J connectivity index is 2.48. The highest BCUT2D eigenvalue weighted by Crippen LogP contribution is 2.23. The molecule has 2 aromatic rings. The number of hydrogen-bond acceptors (Lipinski definition) is 4. The molecule has 0 fully saturated rings. The van der Waals surface area contributed by atoms with Gasteiger partial charge in [0.15, 0.2) is 0 Å². The summed E-state index contributed by atoms with van der Waals surface area (Å²) in [7, 11) is 0. The number of nitrogens with zero attached hydrogens (tertiary/aromatic N) is 1. The first kappa shape index (κ1) is 14.3. The third kappa shape index (κ3) is 2.88. The first-order chi connectivity index (χ1) is 9.67. The summed E-state index contributed by atoms with van der Waals surface area (Å²) in [6.45, 7) is 4.29. The molecule has 0 saturated carbocycles. The minimum absolute atomic E-state index is 0.198. The summed E-state index contributed by atoms with van der Waals surface area (Å²) in [5, 5.41) is 0. The van der Waals surface area contributed by atoms with E-state index < -0.39 is 6.10 Å². The molecule has 0 bridgehead atoms. The lowest BCUT2D eigenvalue weighted by Crippen LogP contribution is -2.22. The monoisotopic (exact) mass is 273 g/mol. The molecule has 3 N–H and O–H groups in total. The number of H-pyrrole nitrogens is 1. The van der Waals surface area contributed by atoms with Crippen LogP contribution in [0.3, 0.4) is 0 Å². The molecule has 5 heteroatoms. The molecule has 0 aliphatic carbocycles. The predicted molar refractivity (Wildman–Crippen MR) is 78.6 cm³/mol. The molecule has 1 atom stereocenters. The van der Waals surface area contributed by atoms with E-state index in [2.05, 4.69) is 9.97 Å². The molecule has 20 heavy (non-hydrogen) atoms. The Bertz CT molecular complexity index is 623. The molecular formula is C15H19N3O2. The van der Waals surface area contributed by atoms with Gasteiger partial charge in [-0.3, -0.25) is 4.79 Å². The van der Waals surface area contributed by atoms with E-state index in [9.17, 15) is 4.79 Å². The predicted octanol–water partition coefficient (Wildman–Crippen LogP) is 2.04. The number of anilines is 1. The van der Waals surface area contributed by atoms with Crippen LogP contribution in [0.2, 0.25) is 0 Å². The molecule has 0 saturated heterocycles. The topological polar surface area (TPSA) is 81.0 Å². The van der Waals surface area contributed by atoms with E-state index in [0.717, 1.165) is 5.56 Å². The number of aromatic amines is 1. The van der Waals surface area contributed by atoms with Crippen molar-refractivity contribution in [3.8, 4) is 0 Å².